The van der Waals surface area contributed by atoms with Crippen molar-refractivity contribution in [2.45, 2.75) is 18.4 Å². The molecule has 112 valence electrons. The summed E-state index contributed by atoms with van der Waals surface area (Å²) in [5, 5.41) is 9.70. The van der Waals surface area contributed by atoms with Crippen LogP contribution in [0.1, 0.15) is 11.7 Å². The molecule has 1 heterocycles. The summed E-state index contributed by atoms with van der Waals surface area (Å²) in [5.74, 6) is 0. The predicted molar refractivity (Wildman–Crippen MR) is 68.6 cm³/mol. The Labute approximate surface area is 119 Å². The average molecular weight is 310 g/mol. The fraction of sp³-hybridized carbons (Fsp3) is 0.538. The summed E-state index contributed by atoms with van der Waals surface area (Å²) in [4.78, 5) is 1.56. The van der Waals surface area contributed by atoms with Gasteiger partial charge in [-0.1, -0.05) is 23.7 Å². The third kappa shape index (κ3) is 4.09. The first-order valence-corrected chi connectivity index (χ1v) is 6.58. The van der Waals surface area contributed by atoms with E-state index in [9.17, 15) is 13.2 Å². The molecule has 0 radical (unpaired) electrons. The minimum atomic E-state index is -4.59. The Kier molecular flexibility index (Phi) is 4.90. The van der Waals surface area contributed by atoms with Crippen LogP contribution in [0.2, 0.25) is 5.02 Å². The number of nitrogens with zero attached hydrogens (tertiary/aromatic N) is 1. The molecule has 0 bridgehead atoms. The van der Waals surface area contributed by atoms with Crippen molar-refractivity contribution >= 4 is 11.6 Å². The van der Waals surface area contributed by atoms with Crippen LogP contribution in [0.3, 0.4) is 0 Å². The molecule has 20 heavy (non-hydrogen) atoms. The molecule has 0 spiro atoms. The molecule has 0 aliphatic carbocycles. The molecule has 0 saturated carbocycles. The quantitative estimate of drug-likeness (QED) is 0.932. The highest BCUT2D eigenvalue weighted by Gasteiger charge is 2.39. The van der Waals surface area contributed by atoms with Gasteiger partial charge in [-0.3, -0.25) is 4.90 Å². The molecule has 1 aliphatic rings. The summed E-state index contributed by atoms with van der Waals surface area (Å²) < 4.78 is 42.6. The molecule has 7 heteroatoms. The first-order chi connectivity index (χ1) is 9.36. The molecular formula is C13H15ClF3NO2. The molecule has 1 aliphatic heterocycles. The van der Waals surface area contributed by atoms with E-state index in [1.165, 1.54) is 0 Å². The fourth-order valence-corrected chi connectivity index (χ4v) is 2.22. The first kappa shape index (κ1) is 15.6. The van der Waals surface area contributed by atoms with Gasteiger partial charge in [-0.2, -0.15) is 13.2 Å². The number of β-amino-alcohol motifs (C(OH)–C–C–N with tert-alkyl or cyclic N) is 1. The lowest BCUT2D eigenvalue weighted by Crippen LogP contribution is -2.46. The van der Waals surface area contributed by atoms with Crippen LogP contribution in [0.25, 0.3) is 0 Å². The number of halogens is 4. The number of rotatable bonds is 3. The van der Waals surface area contributed by atoms with E-state index in [1.54, 1.807) is 29.2 Å². The van der Waals surface area contributed by atoms with E-state index in [2.05, 4.69) is 0 Å². The molecule has 1 aromatic carbocycles. The molecule has 0 unspecified atom stereocenters. The Bertz CT molecular complexity index is 438. The van der Waals surface area contributed by atoms with Crippen molar-refractivity contribution in [3.8, 4) is 0 Å². The van der Waals surface area contributed by atoms with Gasteiger partial charge in [0.1, 0.15) is 0 Å². The van der Waals surface area contributed by atoms with Crippen molar-refractivity contribution in [1.82, 2.24) is 4.90 Å². The van der Waals surface area contributed by atoms with Gasteiger partial charge in [0.25, 0.3) is 0 Å². The van der Waals surface area contributed by atoms with Gasteiger partial charge in [0.15, 0.2) is 6.10 Å². The molecule has 0 amide bonds. The van der Waals surface area contributed by atoms with E-state index >= 15 is 0 Å². The minimum absolute atomic E-state index is 0.304. The topological polar surface area (TPSA) is 32.7 Å². The van der Waals surface area contributed by atoms with E-state index in [4.69, 9.17) is 21.4 Å². The Balaban J connectivity index is 1.96. The Hall–Kier alpha value is -0.820. The van der Waals surface area contributed by atoms with Gasteiger partial charge in [-0.05, 0) is 17.7 Å². The Morgan fingerprint density at radius 1 is 1.35 bits per heavy atom. The summed E-state index contributed by atoms with van der Waals surface area (Å²) in [6.07, 6.45) is -7.22. The van der Waals surface area contributed by atoms with Gasteiger partial charge >= 0.3 is 6.18 Å². The largest absolute Gasteiger partial charge is 0.415 e. The second-order valence-corrected chi connectivity index (χ2v) is 5.16. The zero-order chi connectivity index (χ0) is 14.8. The highest BCUT2D eigenvalue weighted by molar-refractivity contribution is 6.30. The molecule has 1 aromatic rings. The van der Waals surface area contributed by atoms with Gasteiger partial charge in [0.2, 0.25) is 0 Å². The van der Waals surface area contributed by atoms with Crippen LogP contribution >= 0.6 is 11.6 Å². The fourth-order valence-electron chi connectivity index (χ4n) is 2.10. The summed E-state index contributed by atoms with van der Waals surface area (Å²) in [6.45, 7) is 0.584. The lowest BCUT2D eigenvalue weighted by Gasteiger charge is -2.34. The lowest BCUT2D eigenvalue weighted by molar-refractivity contribution is -0.211. The monoisotopic (exact) mass is 309 g/mol. The maximum absolute atomic E-state index is 12.3. The summed E-state index contributed by atoms with van der Waals surface area (Å²) >= 11 is 5.79. The number of benzene rings is 1. The molecule has 2 rings (SSSR count). The van der Waals surface area contributed by atoms with Crippen molar-refractivity contribution in [3.05, 3.63) is 34.9 Å². The van der Waals surface area contributed by atoms with Crippen LogP contribution in [0.15, 0.2) is 24.3 Å². The molecule has 1 saturated heterocycles. The molecule has 3 nitrogen and oxygen atoms in total. The number of hydrogen-bond acceptors (Lipinski definition) is 3. The van der Waals surface area contributed by atoms with Crippen LogP contribution in [0, 0.1) is 0 Å². The van der Waals surface area contributed by atoms with E-state index in [-0.39, 0.29) is 6.10 Å². The van der Waals surface area contributed by atoms with Gasteiger partial charge in [-0.25, -0.2) is 0 Å². The van der Waals surface area contributed by atoms with E-state index in [1.807, 2.05) is 0 Å². The summed E-state index contributed by atoms with van der Waals surface area (Å²) in [6, 6.07) is 7.00. The normalized spacial score (nSPS) is 22.8. The van der Waals surface area contributed by atoms with Gasteiger partial charge < -0.3 is 9.84 Å². The van der Waals surface area contributed by atoms with Gasteiger partial charge in [-0.15, -0.1) is 0 Å². The van der Waals surface area contributed by atoms with E-state index in [0.717, 1.165) is 5.56 Å². The van der Waals surface area contributed by atoms with Crippen LogP contribution in [0.4, 0.5) is 13.2 Å². The molecule has 0 aromatic heterocycles. The van der Waals surface area contributed by atoms with Crippen LogP contribution in [0.5, 0.6) is 0 Å². The number of ether oxygens (including phenoxy) is 1. The van der Waals surface area contributed by atoms with Crippen molar-refractivity contribution < 1.29 is 23.0 Å². The highest BCUT2D eigenvalue weighted by Crippen LogP contribution is 2.26. The summed E-state index contributed by atoms with van der Waals surface area (Å²) in [5.41, 5.74) is 0.862. The van der Waals surface area contributed by atoms with Gasteiger partial charge in [0.05, 0.1) is 12.7 Å². The third-order valence-electron chi connectivity index (χ3n) is 3.20. The maximum Gasteiger partial charge on any atom is 0.415 e. The number of aliphatic hydroxyl groups excluding tert-OH is 1. The predicted octanol–water partition coefficient (Wildman–Crippen LogP) is 2.64. The SMILES string of the molecule is O[C@@H](CN1CCO[C@H](c2ccc(Cl)cc2)C1)C(F)(F)F. The van der Waals surface area contributed by atoms with Gasteiger partial charge in [0, 0.05) is 24.7 Å². The van der Waals surface area contributed by atoms with Crippen molar-refractivity contribution in [2.24, 2.45) is 0 Å². The molecule has 1 N–H and O–H groups in total. The highest BCUT2D eigenvalue weighted by atomic mass is 35.5. The number of alkyl halides is 3. The van der Waals surface area contributed by atoms with Crippen LogP contribution in [-0.2, 0) is 4.74 Å². The maximum atomic E-state index is 12.3. The standard InChI is InChI=1S/C13H15ClF3NO2/c14-10-3-1-9(2-4-10)11-7-18(5-6-20-11)8-12(19)13(15,16)17/h1-4,11-12,19H,5-8H2/t11-,12-/m0/s1. The van der Waals surface area contributed by atoms with Crippen molar-refractivity contribution in [1.29, 1.82) is 0 Å². The van der Waals surface area contributed by atoms with Crippen molar-refractivity contribution in [3.63, 3.8) is 0 Å². The zero-order valence-electron chi connectivity index (χ0n) is 10.6. The van der Waals surface area contributed by atoms with Crippen LogP contribution < -0.4 is 0 Å². The number of aliphatic hydroxyl groups is 1. The number of morpholine rings is 1. The van der Waals surface area contributed by atoms with Crippen LogP contribution in [-0.4, -0.2) is 48.5 Å². The third-order valence-corrected chi connectivity index (χ3v) is 3.45. The first-order valence-electron chi connectivity index (χ1n) is 6.20. The smallest absolute Gasteiger partial charge is 0.382 e. The lowest BCUT2D eigenvalue weighted by atomic mass is 10.1. The van der Waals surface area contributed by atoms with E-state index in [0.29, 0.717) is 24.7 Å². The average Bonchev–Trinajstić information content (AvgIpc) is 2.39. The summed E-state index contributed by atoms with van der Waals surface area (Å²) in [7, 11) is 0. The second kappa shape index (κ2) is 6.30. The van der Waals surface area contributed by atoms with E-state index < -0.39 is 18.8 Å². The zero-order valence-corrected chi connectivity index (χ0v) is 11.4. The molecular weight excluding hydrogens is 295 g/mol. The number of hydrogen-bond donors (Lipinski definition) is 1. The minimum Gasteiger partial charge on any atom is -0.382 e. The second-order valence-electron chi connectivity index (χ2n) is 4.73. The Morgan fingerprint density at radius 2 is 2.00 bits per heavy atom. The molecule has 1 fully saturated rings. The Morgan fingerprint density at radius 3 is 2.60 bits per heavy atom. The molecule has 2 atom stereocenters. The van der Waals surface area contributed by atoms with Crippen molar-refractivity contribution in [2.75, 3.05) is 26.2 Å².